The normalized spacial score (nSPS) is 10.1. The van der Waals surface area contributed by atoms with E-state index in [-0.39, 0.29) is 11.6 Å². The van der Waals surface area contributed by atoms with Crippen molar-refractivity contribution in [2.45, 2.75) is 0 Å². The maximum absolute atomic E-state index is 12.9. The third-order valence-corrected chi connectivity index (χ3v) is 1.77. The molecular weight excluding hydrogens is 185 g/mol. The minimum atomic E-state index is -0.368. The van der Waals surface area contributed by atoms with Crippen molar-refractivity contribution in [3.8, 4) is 5.69 Å². The average Bonchev–Trinajstić information content (AvgIpc) is 2.65. The van der Waals surface area contributed by atoms with E-state index in [2.05, 4.69) is 10.2 Å². The van der Waals surface area contributed by atoms with Crippen LogP contribution < -0.4 is 0 Å². The molecule has 0 aliphatic carbocycles. The maximum Gasteiger partial charge on any atom is 0.201 e. The lowest BCUT2D eigenvalue weighted by atomic mass is 10.3. The van der Waals surface area contributed by atoms with Crippen LogP contribution in [0.1, 0.15) is 10.6 Å². The van der Waals surface area contributed by atoms with E-state index in [4.69, 9.17) is 0 Å². The first-order valence-corrected chi connectivity index (χ1v) is 3.92. The van der Waals surface area contributed by atoms with Crippen LogP contribution >= 0.6 is 0 Å². The fourth-order valence-corrected chi connectivity index (χ4v) is 1.15. The van der Waals surface area contributed by atoms with Gasteiger partial charge in [-0.05, 0) is 18.2 Å². The van der Waals surface area contributed by atoms with E-state index < -0.39 is 0 Å². The summed E-state index contributed by atoms with van der Waals surface area (Å²) in [7, 11) is 0. The Morgan fingerprint density at radius 3 is 3.00 bits per heavy atom. The van der Waals surface area contributed by atoms with Crippen LogP contribution in [0.4, 0.5) is 4.39 Å². The Balaban J connectivity index is 2.54. The first-order chi connectivity index (χ1) is 6.81. The van der Waals surface area contributed by atoms with Crippen LogP contribution in [0.15, 0.2) is 30.6 Å². The van der Waals surface area contributed by atoms with Crippen LogP contribution in [0.5, 0.6) is 0 Å². The summed E-state index contributed by atoms with van der Waals surface area (Å²) in [4.78, 5) is 10.5. The Kier molecular flexibility index (Phi) is 2.06. The quantitative estimate of drug-likeness (QED) is 0.670. The Labute approximate surface area is 79.0 Å². The van der Waals surface area contributed by atoms with Gasteiger partial charge in [0.25, 0.3) is 0 Å². The standard InChI is InChI=1S/C9H6FN3O/c10-7-2-1-3-8(4-7)13-6-11-12-9(13)5-14/h1-6H. The van der Waals surface area contributed by atoms with Crippen LogP contribution in [0.2, 0.25) is 0 Å². The predicted octanol–water partition coefficient (Wildman–Crippen LogP) is 1.22. The molecule has 0 saturated carbocycles. The molecular formula is C9H6FN3O. The van der Waals surface area contributed by atoms with Gasteiger partial charge >= 0.3 is 0 Å². The van der Waals surface area contributed by atoms with Crippen LogP contribution in [0.3, 0.4) is 0 Å². The van der Waals surface area contributed by atoms with Crippen LogP contribution in [-0.2, 0) is 0 Å². The fourth-order valence-electron chi connectivity index (χ4n) is 1.15. The summed E-state index contributed by atoms with van der Waals surface area (Å²) in [5.41, 5.74) is 0.525. The molecule has 4 nitrogen and oxygen atoms in total. The molecule has 1 aromatic carbocycles. The fraction of sp³-hybridized carbons (Fsp3) is 0. The van der Waals surface area contributed by atoms with Crippen LogP contribution in [0.25, 0.3) is 5.69 Å². The van der Waals surface area contributed by atoms with Crippen molar-refractivity contribution in [3.63, 3.8) is 0 Å². The van der Waals surface area contributed by atoms with Crippen molar-refractivity contribution in [1.82, 2.24) is 14.8 Å². The van der Waals surface area contributed by atoms with Gasteiger partial charge in [-0.25, -0.2) is 4.39 Å². The lowest BCUT2D eigenvalue weighted by Gasteiger charge is -2.01. The number of benzene rings is 1. The van der Waals surface area contributed by atoms with Gasteiger partial charge in [-0.3, -0.25) is 9.36 Å². The number of carbonyl (C=O) groups excluding carboxylic acids is 1. The Bertz CT molecular complexity index is 467. The molecule has 0 radical (unpaired) electrons. The number of aldehydes is 1. The summed E-state index contributed by atoms with van der Waals surface area (Å²) in [6.07, 6.45) is 1.93. The predicted molar refractivity (Wildman–Crippen MR) is 46.7 cm³/mol. The number of hydrogen-bond donors (Lipinski definition) is 0. The minimum Gasteiger partial charge on any atom is -0.294 e. The summed E-state index contributed by atoms with van der Waals surface area (Å²) in [6, 6.07) is 5.85. The van der Waals surface area contributed by atoms with E-state index in [0.29, 0.717) is 12.0 Å². The van der Waals surface area contributed by atoms with Gasteiger partial charge in [-0.2, -0.15) is 0 Å². The molecule has 2 aromatic rings. The number of hydrogen-bond acceptors (Lipinski definition) is 3. The van der Waals surface area contributed by atoms with Gasteiger partial charge < -0.3 is 0 Å². The highest BCUT2D eigenvalue weighted by molar-refractivity contribution is 5.70. The zero-order valence-corrected chi connectivity index (χ0v) is 7.09. The molecule has 0 N–H and O–H groups in total. The third kappa shape index (κ3) is 1.39. The molecule has 0 unspecified atom stereocenters. The SMILES string of the molecule is O=Cc1nncn1-c1cccc(F)c1. The Morgan fingerprint density at radius 2 is 2.29 bits per heavy atom. The molecule has 0 aliphatic heterocycles. The van der Waals surface area contributed by atoms with Crippen molar-refractivity contribution in [2.75, 3.05) is 0 Å². The molecule has 0 spiro atoms. The first kappa shape index (κ1) is 8.55. The van der Waals surface area contributed by atoms with Gasteiger partial charge in [-0.15, -0.1) is 10.2 Å². The Hall–Kier alpha value is -2.04. The summed E-state index contributed by atoms with van der Waals surface area (Å²) in [5.74, 6) is -0.219. The topological polar surface area (TPSA) is 47.8 Å². The zero-order chi connectivity index (χ0) is 9.97. The van der Waals surface area contributed by atoms with Crippen molar-refractivity contribution in [2.24, 2.45) is 0 Å². The molecule has 0 amide bonds. The van der Waals surface area contributed by atoms with E-state index in [1.165, 1.54) is 23.0 Å². The minimum absolute atomic E-state index is 0.149. The Morgan fingerprint density at radius 1 is 1.43 bits per heavy atom. The van der Waals surface area contributed by atoms with E-state index >= 15 is 0 Å². The smallest absolute Gasteiger partial charge is 0.201 e. The van der Waals surface area contributed by atoms with Gasteiger partial charge in [0.2, 0.25) is 5.82 Å². The lowest BCUT2D eigenvalue weighted by molar-refractivity contribution is 0.111. The van der Waals surface area contributed by atoms with Crippen molar-refractivity contribution in [3.05, 3.63) is 42.2 Å². The second-order valence-corrected chi connectivity index (χ2v) is 2.66. The summed E-state index contributed by atoms with van der Waals surface area (Å²) < 4.78 is 14.3. The van der Waals surface area contributed by atoms with Gasteiger partial charge in [0.1, 0.15) is 12.1 Å². The van der Waals surface area contributed by atoms with Gasteiger partial charge in [-0.1, -0.05) is 6.07 Å². The van der Waals surface area contributed by atoms with Gasteiger partial charge in [0.15, 0.2) is 6.29 Å². The average molecular weight is 191 g/mol. The number of aromatic nitrogens is 3. The van der Waals surface area contributed by atoms with Gasteiger partial charge in [0.05, 0.1) is 5.69 Å². The first-order valence-electron chi connectivity index (χ1n) is 3.92. The summed E-state index contributed by atoms with van der Waals surface area (Å²) >= 11 is 0. The second kappa shape index (κ2) is 3.37. The maximum atomic E-state index is 12.9. The molecule has 2 rings (SSSR count). The van der Waals surface area contributed by atoms with Crippen molar-refractivity contribution >= 4 is 6.29 Å². The molecule has 5 heteroatoms. The van der Waals surface area contributed by atoms with E-state index in [0.717, 1.165) is 0 Å². The highest BCUT2D eigenvalue weighted by Gasteiger charge is 2.04. The molecule has 0 aliphatic rings. The second-order valence-electron chi connectivity index (χ2n) is 2.66. The molecule has 70 valence electrons. The van der Waals surface area contributed by atoms with E-state index in [1.54, 1.807) is 12.1 Å². The number of rotatable bonds is 2. The van der Waals surface area contributed by atoms with Crippen molar-refractivity contribution in [1.29, 1.82) is 0 Å². The van der Waals surface area contributed by atoms with Crippen LogP contribution in [-0.4, -0.2) is 21.1 Å². The molecule has 1 aromatic heterocycles. The zero-order valence-electron chi connectivity index (χ0n) is 7.09. The molecule has 0 fully saturated rings. The number of nitrogens with zero attached hydrogens (tertiary/aromatic N) is 3. The summed E-state index contributed by atoms with van der Waals surface area (Å²) in [6.45, 7) is 0. The highest BCUT2D eigenvalue weighted by Crippen LogP contribution is 2.09. The van der Waals surface area contributed by atoms with E-state index in [9.17, 15) is 9.18 Å². The molecule has 1 heterocycles. The molecule has 0 saturated heterocycles. The van der Waals surface area contributed by atoms with Crippen LogP contribution in [0, 0.1) is 5.82 Å². The third-order valence-electron chi connectivity index (χ3n) is 1.77. The highest BCUT2D eigenvalue weighted by atomic mass is 19.1. The molecule has 0 atom stereocenters. The van der Waals surface area contributed by atoms with Gasteiger partial charge in [0, 0.05) is 0 Å². The summed E-state index contributed by atoms with van der Waals surface area (Å²) in [5, 5.41) is 7.12. The number of halogens is 1. The number of carbonyl (C=O) groups is 1. The largest absolute Gasteiger partial charge is 0.294 e. The molecule has 14 heavy (non-hydrogen) atoms. The van der Waals surface area contributed by atoms with E-state index in [1.807, 2.05) is 0 Å². The molecule has 0 bridgehead atoms. The lowest BCUT2D eigenvalue weighted by Crippen LogP contribution is -1.98. The monoisotopic (exact) mass is 191 g/mol. The van der Waals surface area contributed by atoms with Crippen molar-refractivity contribution < 1.29 is 9.18 Å².